The molecule has 0 amide bonds. The number of benzene rings is 3. The first-order valence-corrected chi connectivity index (χ1v) is 14.2. The van der Waals surface area contributed by atoms with E-state index < -0.39 is 0 Å². The highest BCUT2D eigenvalue weighted by atomic mass is 16.1. The van der Waals surface area contributed by atoms with Gasteiger partial charge in [-0.1, -0.05) is 108 Å². The Morgan fingerprint density at radius 2 is 1.65 bits per heavy atom. The Kier molecular flexibility index (Phi) is 7.83. The largest absolute Gasteiger partial charge is 0.333 e. The molecule has 5 aromatic rings. The second-order valence-corrected chi connectivity index (χ2v) is 11.4. The molecule has 206 valence electrons. The van der Waals surface area contributed by atoms with Crippen LogP contribution in [-0.4, -0.2) is 29.8 Å². The van der Waals surface area contributed by atoms with Gasteiger partial charge < -0.3 is 0 Å². The molecule has 5 rings (SSSR count). The van der Waals surface area contributed by atoms with Crippen molar-refractivity contribution in [3.05, 3.63) is 106 Å². The Hall–Kier alpha value is -4.26. The molecule has 0 aliphatic rings. The third kappa shape index (κ3) is 5.41. The molecule has 0 aliphatic heterocycles. The third-order valence-electron chi connectivity index (χ3n) is 7.52. The molecule has 2 aromatic heterocycles. The first kappa shape index (κ1) is 27.3. The Labute approximate surface area is 235 Å². The number of imidazole rings is 1. The van der Waals surface area contributed by atoms with Crippen molar-refractivity contribution in [2.45, 2.75) is 72.3 Å². The molecule has 0 unspecified atom stereocenters. The van der Waals surface area contributed by atoms with Crippen LogP contribution < -0.4 is 5.69 Å². The molecule has 0 spiro atoms. The monoisotopic (exact) mass is 534 g/mol. The number of nitrogens with zero attached hydrogens (tertiary/aromatic N) is 5. The summed E-state index contributed by atoms with van der Waals surface area (Å²) in [5.41, 5.74) is 8.53. The summed E-state index contributed by atoms with van der Waals surface area (Å²) in [5.74, 6) is 0.565. The van der Waals surface area contributed by atoms with Crippen molar-refractivity contribution >= 4 is 0 Å². The number of aryl methyl sites for hydroxylation is 2. The molecule has 1 N–H and O–H groups in total. The number of hydrogen-bond donors (Lipinski definition) is 1. The molecule has 0 saturated carbocycles. The number of rotatable bonds is 9. The number of unbranched alkanes of at least 4 members (excludes halogenated alkanes) is 1. The van der Waals surface area contributed by atoms with Crippen molar-refractivity contribution in [1.29, 1.82) is 0 Å². The predicted molar refractivity (Wildman–Crippen MR) is 161 cm³/mol. The maximum Gasteiger partial charge on any atom is 0.333 e. The average Bonchev–Trinajstić information content (AvgIpc) is 3.60. The average molecular weight is 535 g/mol. The molecular formula is C33H38N6O. The van der Waals surface area contributed by atoms with E-state index in [0.717, 1.165) is 59.3 Å². The van der Waals surface area contributed by atoms with E-state index in [0.29, 0.717) is 12.4 Å². The fraction of sp³-hybridized carbons (Fsp3) is 0.333. The Morgan fingerprint density at radius 3 is 2.30 bits per heavy atom. The van der Waals surface area contributed by atoms with Gasteiger partial charge in [0.1, 0.15) is 0 Å². The zero-order chi connectivity index (χ0) is 28.3. The number of tetrazole rings is 1. The van der Waals surface area contributed by atoms with Gasteiger partial charge in [-0.15, -0.1) is 10.2 Å². The minimum Gasteiger partial charge on any atom is -0.292 e. The Balaban J connectivity index is 1.54. The van der Waals surface area contributed by atoms with Crippen LogP contribution in [0.1, 0.15) is 69.8 Å². The Morgan fingerprint density at radius 1 is 0.900 bits per heavy atom. The molecular weight excluding hydrogens is 496 g/mol. The van der Waals surface area contributed by atoms with E-state index in [1.807, 2.05) is 27.3 Å². The molecule has 0 radical (unpaired) electrons. The highest BCUT2D eigenvalue weighted by molar-refractivity contribution is 5.80. The molecule has 0 atom stereocenters. The summed E-state index contributed by atoms with van der Waals surface area (Å²) in [7, 11) is 0. The van der Waals surface area contributed by atoms with Crippen molar-refractivity contribution < 1.29 is 0 Å². The van der Waals surface area contributed by atoms with Gasteiger partial charge in [-0.3, -0.25) is 9.13 Å². The zero-order valence-corrected chi connectivity index (χ0v) is 24.1. The van der Waals surface area contributed by atoms with Crippen LogP contribution >= 0.6 is 0 Å². The van der Waals surface area contributed by atoms with Crippen molar-refractivity contribution in [3.63, 3.8) is 0 Å². The predicted octanol–water partition coefficient (Wildman–Crippen LogP) is 6.74. The van der Waals surface area contributed by atoms with Crippen LogP contribution in [-0.2, 0) is 24.8 Å². The van der Waals surface area contributed by atoms with E-state index >= 15 is 0 Å². The van der Waals surface area contributed by atoms with E-state index in [1.165, 1.54) is 11.1 Å². The third-order valence-corrected chi connectivity index (χ3v) is 7.52. The number of nitrogens with one attached hydrogen (secondary N) is 1. The summed E-state index contributed by atoms with van der Waals surface area (Å²) in [6.07, 6.45) is 5.93. The number of para-hydroxylation sites is 1. The van der Waals surface area contributed by atoms with E-state index in [2.05, 4.69) is 110 Å². The molecule has 7 heteroatoms. The summed E-state index contributed by atoms with van der Waals surface area (Å²) in [5, 5.41) is 14.6. The highest BCUT2D eigenvalue weighted by Gasteiger charge is 2.24. The smallest absolute Gasteiger partial charge is 0.292 e. The molecule has 0 aliphatic carbocycles. The van der Waals surface area contributed by atoms with E-state index in [9.17, 15) is 4.79 Å². The van der Waals surface area contributed by atoms with Gasteiger partial charge in [0, 0.05) is 17.5 Å². The van der Waals surface area contributed by atoms with Crippen LogP contribution in [0.25, 0.3) is 28.2 Å². The lowest BCUT2D eigenvalue weighted by Crippen LogP contribution is -2.27. The maximum atomic E-state index is 14.1. The SMILES string of the molecule is CCCCc1cn(-c2c(CC)cccc2C(C)(C)C)c(=O)n1Cc1ccc(-c2ccccc2-c2nn[nH]n2)cc1. The van der Waals surface area contributed by atoms with Gasteiger partial charge >= 0.3 is 5.69 Å². The van der Waals surface area contributed by atoms with Crippen LogP contribution in [0.3, 0.4) is 0 Å². The number of aromatic nitrogens is 6. The molecule has 40 heavy (non-hydrogen) atoms. The second-order valence-electron chi connectivity index (χ2n) is 11.4. The molecule has 3 aromatic carbocycles. The normalized spacial score (nSPS) is 11.7. The van der Waals surface area contributed by atoms with Gasteiger partial charge in [0.05, 0.1) is 12.2 Å². The summed E-state index contributed by atoms with van der Waals surface area (Å²) in [6, 6.07) is 22.9. The minimum absolute atomic E-state index is 0.0176. The summed E-state index contributed by atoms with van der Waals surface area (Å²) >= 11 is 0. The first-order valence-electron chi connectivity index (χ1n) is 14.2. The molecule has 2 heterocycles. The van der Waals surface area contributed by atoms with Crippen LogP contribution in [0.5, 0.6) is 0 Å². The number of hydrogen-bond acceptors (Lipinski definition) is 4. The highest BCUT2D eigenvalue weighted by Crippen LogP contribution is 2.32. The van der Waals surface area contributed by atoms with Crippen molar-refractivity contribution in [2.75, 3.05) is 0 Å². The first-order chi connectivity index (χ1) is 19.3. The minimum atomic E-state index is -0.0841. The number of H-pyrrole nitrogens is 1. The van der Waals surface area contributed by atoms with Gasteiger partial charge in [0.2, 0.25) is 5.82 Å². The van der Waals surface area contributed by atoms with Crippen LogP contribution in [0.15, 0.2) is 77.7 Å². The lowest BCUT2D eigenvalue weighted by atomic mass is 9.84. The van der Waals surface area contributed by atoms with Gasteiger partial charge in [-0.25, -0.2) is 4.79 Å². The van der Waals surface area contributed by atoms with Gasteiger partial charge in [0.15, 0.2) is 0 Å². The van der Waals surface area contributed by atoms with Gasteiger partial charge in [-0.05, 0) is 57.7 Å². The van der Waals surface area contributed by atoms with E-state index in [4.69, 9.17) is 0 Å². The maximum absolute atomic E-state index is 14.1. The van der Waals surface area contributed by atoms with Gasteiger partial charge in [0.25, 0.3) is 0 Å². The summed E-state index contributed by atoms with van der Waals surface area (Å²) in [4.78, 5) is 14.1. The molecule has 0 fully saturated rings. The molecule has 7 nitrogen and oxygen atoms in total. The lowest BCUT2D eigenvalue weighted by molar-refractivity contribution is 0.583. The zero-order valence-electron chi connectivity index (χ0n) is 24.1. The van der Waals surface area contributed by atoms with Crippen molar-refractivity contribution in [2.24, 2.45) is 0 Å². The van der Waals surface area contributed by atoms with Crippen molar-refractivity contribution in [3.8, 4) is 28.2 Å². The second kappa shape index (κ2) is 11.5. The van der Waals surface area contributed by atoms with Crippen molar-refractivity contribution in [1.82, 2.24) is 29.8 Å². The lowest BCUT2D eigenvalue weighted by Gasteiger charge is -2.25. The topological polar surface area (TPSA) is 81.4 Å². The van der Waals surface area contributed by atoms with E-state index in [1.54, 1.807) is 0 Å². The fourth-order valence-electron chi connectivity index (χ4n) is 5.36. The molecule has 0 bridgehead atoms. The molecule has 0 saturated heterocycles. The summed E-state index contributed by atoms with van der Waals surface area (Å²) in [6.45, 7) is 11.5. The fourth-order valence-corrected chi connectivity index (χ4v) is 5.36. The van der Waals surface area contributed by atoms with Crippen LogP contribution in [0.2, 0.25) is 0 Å². The van der Waals surface area contributed by atoms with Gasteiger partial charge in [-0.2, -0.15) is 5.21 Å². The van der Waals surface area contributed by atoms with Crippen LogP contribution in [0, 0.1) is 0 Å². The number of aromatic amines is 1. The van der Waals surface area contributed by atoms with E-state index in [-0.39, 0.29) is 11.1 Å². The standard InChI is InChI=1S/C33H38N6O/c1-6-8-13-26-22-39(30-24(7-2)12-11-16-29(30)33(3,4)5)32(40)38(26)21-23-17-19-25(20-18-23)27-14-9-10-15-28(27)31-34-36-37-35-31/h9-12,14-20,22H,6-8,13,21H2,1-5H3,(H,34,35,36,37). The quantitative estimate of drug-likeness (QED) is 0.227. The van der Waals surface area contributed by atoms with Crippen LogP contribution in [0.4, 0.5) is 0 Å². The summed E-state index contributed by atoms with van der Waals surface area (Å²) < 4.78 is 3.86. The Bertz CT molecular complexity index is 1640.